The fraction of sp³-hybridized carbons (Fsp3) is 0.250. The summed E-state index contributed by atoms with van der Waals surface area (Å²) in [5, 5.41) is 16.1. The van der Waals surface area contributed by atoms with Crippen LogP contribution in [0.4, 0.5) is 11.4 Å². The Bertz CT molecular complexity index is 974. The molecule has 0 saturated carbocycles. The molecule has 28 heavy (non-hydrogen) atoms. The highest BCUT2D eigenvalue weighted by molar-refractivity contribution is 6.08. The predicted octanol–water partition coefficient (Wildman–Crippen LogP) is 1.69. The molecule has 2 atom stereocenters. The smallest absolute Gasteiger partial charge is 0.259 e. The van der Waals surface area contributed by atoms with Gasteiger partial charge in [0.1, 0.15) is 11.8 Å². The van der Waals surface area contributed by atoms with Gasteiger partial charge in [-0.2, -0.15) is 0 Å². The molecule has 0 radical (unpaired) electrons. The number of nitrogens with one attached hydrogen (secondary N) is 2. The maximum Gasteiger partial charge on any atom is 0.259 e. The Morgan fingerprint density at radius 2 is 1.86 bits per heavy atom. The highest BCUT2D eigenvalue weighted by Gasteiger charge is 2.45. The van der Waals surface area contributed by atoms with Crippen LogP contribution in [0.15, 0.2) is 42.5 Å². The number of amides is 3. The van der Waals surface area contributed by atoms with Crippen molar-refractivity contribution in [2.75, 3.05) is 12.4 Å². The molecule has 0 spiro atoms. The zero-order valence-corrected chi connectivity index (χ0v) is 15.1. The number of benzene rings is 2. The van der Waals surface area contributed by atoms with E-state index in [9.17, 15) is 19.5 Å². The van der Waals surface area contributed by atoms with Crippen LogP contribution in [0.1, 0.15) is 35.0 Å². The van der Waals surface area contributed by atoms with Crippen LogP contribution in [0.25, 0.3) is 0 Å². The largest absolute Gasteiger partial charge is 0.495 e. The molecule has 3 amide bonds. The molecule has 0 bridgehead atoms. The van der Waals surface area contributed by atoms with Gasteiger partial charge in [-0.15, -0.1) is 0 Å². The number of hydrogen-bond donors (Lipinski definition) is 3. The molecule has 1 saturated heterocycles. The lowest BCUT2D eigenvalue weighted by atomic mass is 10.0. The number of ether oxygens (including phenoxy) is 1. The normalized spacial score (nSPS) is 21.4. The van der Waals surface area contributed by atoms with Crippen molar-refractivity contribution in [1.82, 2.24) is 10.2 Å². The van der Waals surface area contributed by atoms with E-state index in [2.05, 4.69) is 10.6 Å². The third-order valence-corrected chi connectivity index (χ3v) is 5.01. The van der Waals surface area contributed by atoms with E-state index in [1.165, 1.54) is 0 Å². The number of para-hydroxylation sites is 2. The Labute approximate surface area is 161 Å². The molecule has 2 aliphatic heterocycles. The molecule has 4 rings (SSSR count). The number of carbonyl (C=O) groups excluding carboxylic acids is 3. The Balaban J connectivity index is 1.69. The van der Waals surface area contributed by atoms with E-state index >= 15 is 0 Å². The number of imide groups is 1. The molecule has 2 aromatic carbocycles. The molecule has 2 aliphatic rings. The molecular weight excluding hydrogens is 362 g/mol. The predicted molar refractivity (Wildman–Crippen MR) is 100 cm³/mol. The average molecular weight is 381 g/mol. The highest BCUT2D eigenvalue weighted by Crippen LogP contribution is 2.40. The van der Waals surface area contributed by atoms with Crippen LogP contribution in [0.3, 0.4) is 0 Å². The number of aliphatic hydroxyl groups is 1. The van der Waals surface area contributed by atoms with Gasteiger partial charge >= 0.3 is 0 Å². The molecule has 2 heterocycles. The number of carbonyl (C=O) groups is 3. The van der Waals surface area contributed by atoms with Gasteiger partial charge < -0.3 is 15.2 Å². The molecule has 2 unspecified atom stereocenters. The minimum Gasteiger partial charge on any atom is -0.495 e. The lowest BCUT2D eigenvalue weighted by Gasteiger charge is -2.31. The van der Waals surface area contributed by atoms with Gasteiger partial charge in [-0.05, 0) is 24.6 Å². The second-order valence-electron chi connectivity index (χ2n) is 6.65. The van der Waals surface area contributed by atoms with Crippen LogP contribution in [-0.4, -0.2) is 40.9 Å². The fourth-order valence-corrected chi connectivity index (χ4v) is 3.67. The third kappa shape index (κ3) is 2.87. The van der Waals surface area contributed by atoms with Crippen LogP contribution in [0.5, 0.6) is 5.75 Å². The quantitative estimate of drug-likeness (QED) is 0.696. The van der Waals surface area contributed by atoms with Crippen molar-refractivity contribution in [2.45, 2.75) is 25.1 Å². The van der Waals surface area contributed by atoms with Crippen LogP contribution in [0, 0.1) is 0 Å². The van der Waals surface area contributed by atoms with E-state index in [1.54, 1.807) is 31.4 Å². The van der Waals surface area contributed by atoms with E-state index in [-0.39, 0.29) is 18.7 Å². The molecule has 8 nitrogen and oxygen atoms in total. The number of methoxy groups -OCH3 is 1. The van der Waals surface area contributed by atoms with Crippen molar-refractivity contribution >= 4 is 29.1 Å². The van der Waals surface area contributed by atoms with Gasteiger partial charge in [0.15, 0.2) is 6.23 Å². The summed E-state index contributed by atoms with van der Waals surface area (Å²) in [6, 6.07) is 11.5. The minimum atomic E-state index is -1.26. The first-order chi connectivity index (χ1) is 13.5. The van der Waals surface area contributed by atoms with Gasteiger partial charge in [0.05, 0.1) is 24.0 Å². The summed E-state index contributed by atoms with van der Waals surface area (Å²) in [5.74, 6) is -0.808. The summed E-state index contributed by atoms with van der Waals surface area (Å²) in [5.41, 5.74) is 1.88. The average Bonchev–Trinajstić information content (AvgIpc) is 2.94. The second-order valence-corrected chi connectivity index (χ2v) is 6.65. The molecular formula is C20H19N3O5. The van der Waals surface area contributed by atoms with Crippen molar-refractivity contribution in [2.24, 2.45) is 0 Å². The Kier molecular flexibility index (Phi) is 4.48. The van der Waals surface area contributed by atoms with Crippen LogP contribution in [-0.2, 0) is 9.59 Å². The lowest BCUT2D eigenvalue weighted by molar-refractivity contribution is -0.139. The third-order valence-electron chi connectivity index (χ3n) is 5.01. The second kappa shape index (κ2) is 6.97. The van der Waals surface area contributed by atoms with Gasteiger partial charge in [0.25, 0.3) is 5.91 Å². The Hall–Kier alpha value is -3.39. The number of anilines is 2. The van der Waals surface area contributed by atoms with Gasteiger partial charge in [0.2, 0.25) is 11.8 Å². The Morgan fingerprint density at radius 3 is 2.61 bits per heavy atom. The van der Waals surface area contributed by atoms with E-state index in [0.717, 1.165) is 4.90 Å². The summed E-state index contributed by atoms with van der Waals surface area (Å²) in [6.45, 7) is 0. The zero-order chi connectivity index (χ0) is 19.8. The number of rotatable bonds is 4. The summed E-state index contributed by atoms with van der Waals surface area (Å²) in [6.07, 6.45) is -0.961. The summed E-state index contributed by atoms with van der Waals surface area (Å²) in [4.78, 5) is 37.9. The number of hydrogen-bond acceptors (Lipinski definition) is 6. The van der Waals surface area contributed by atoms with Gasteiger partial charge in [-0.25, -0.2) is 0 Å². The Morgan fingerprint density at radius 1 is 1.11 bits per heavy atom. The number of piperidine rings is 1. The van der Waals surface area contributed by atoms with Crippen LogP contribution < -0.4 is 15.4 Å². The zero-order valence-electron chi connectivity index (χ0n) is 15.1. The van der Waals surface area contributed by atoms with Crippen LogP contribution >= 0.6 is 0 Å². The first kappa shape index (κ1) is 18.0. The molecule has 0 aromatic heterocycles. The SMILES string of the molecule is COc1ccccc1Nc1cccc2c1C(=O)N(C1CCC(=O)NC1=O)C2O. The number of aliphatic hydroxyl groups excluding tert-OH is 1. The van der Waals surface area contributed by atoms with Crippen molar-refractivity contribution in [3.8, 4) is 5.75 Å². The molecule has 8 heteroatoms. The number of nitrogens with zero attached hydrogens (tertiary/aromatic N) is 1. The lowest BCUT2D eigenvalue weighted by Crippen LogP contribution is -2.53. The molecule has 3 N–H and O–H groups in total. The van der Waals surface area contributed by atoms with Gasteiger partial charge in [-0.3, -0.25) is 24.6 Å². The van der Waals surface area contributed by atoms with Crippen molar-refractivity contribution < 1.29 is 24.2 Å². The first-order valence-corrected chi connectivity index (χ1v) is 8.88. The van der Waals surface area contributed by atoms with Gasteiger partial charge in [-0.1, -0.05) is 24.3 Å². The van der Waals surface area contributed by atoms with Crippen molar-refractivity contribution in [1.29, 1.82) is 0 Å². The molecule has 144 valence electrons. The van der Waals surface area contributed by atoms with Crippen molar-refractivity contribution in [3.05, 3.63) is 53.6 Å². The number of fused-ring (bicyclic) bond motifs is 1. The standard InChI is InChI=1S/C20H19N3O5/c1-28-15-8-3-2-6-12(15)21-13-7-4-5-11-17(13)20(27)23(19(11)26)14-9-10-16(24)22-18(14)25/h2-8,14,19,21,26H,9-10H2,1H3,(H,22,24,25). The summed E-state index contributed by atoms with van der Waals surface area (Å²) >= 11 is 0. The molecule has 1 fully saturated rings. The van der Waals surface area contributed by atoms with E-state index in [4.69, 9.17) is 4.74 Å². The highest BCUT2D eigenvalue weighted by atomic mass is 16.5. The van der Waals surface area contributed by atoms with Crippen LogP contribution in [0.2, 0.25) is 0 Å². The van der Waals surface area contributed by atoms with E-state index < -0.39 is 24.1 Å². The maximum atomic E-state index is 13.1. The fourth-order valence-electron chi connectivity index (χ4n) is 3.67. The topological polar surface area (TPSA) is 108 Å². The molecule has 2 aromatic rings. The maximum absolute atomic E-state index is 13.1. The van der Waals surface area contributed by atoms with Crippen molar-refractivity contribution in [3.63, 3.8) is 0 Å². The van der Waals surface area contributed by atoms with E-state index in [0.29, 0.717) is 28.3 Å². The summed E-state index contributed by atoms with van der Waals surface area (Å²) in [7, 11) is 1.55. The van der Waals surface area contributed by atoms with E-state index in [1.807, 2.05) is 18.2 Å². The minimum absolute atomic E-state index is 0.121. The summed E-state index contributed by atoms with van der Waals surface area (Å²) < 4.78 is 5.33. The molecule has 0 aliphatic carbocycles. The first-order valence-electron chi connectivity index (χ1n) is 8.88. The monoisotopic (exact) mass is 381 g/mol. The van der Waals surface area contributed by atoms with Gasteiger partial charge in [0, 0.05) is 12.0 Å².